The Morgan fingerprint density at radius 1 is 1.35 bits per heavy atom. The van der Waals surface area contributed by atoms with E-state index in [0.29, 0.717) is 12.3 Å². The molecule has 1 aliphatic carbocycles. The molecule has 0 spiro atoms. The molecular weight excluding hydrogens is 250 g/mol. The molecule has 1 aromatic heterocycles. The fourth-order valence-electron chi connectivity index (χ4n) is 3.06. The number of carbonyl (C=O) groups excluding carboxylic acids is 1. The van der Waals surface area contributed by atoms with Gasteiger partial charge >= 0.3 is 0 Å². The molecule has 3 rings (SSSR count). The lowest BCUT2D eigenvalue weighted by Gasteiger charge is -2.31. The Labute approximate surface area is 120 Å². The van der Waals surface area contributed by atoms with Crippen molar-refractivity contribution >= 4 is 11.6 Å². The fraction of sp³-hybridized carbons (Fsp3) is 0.625. The highest BCUT2D eigenvalue weighted by atomic mass is 16.1. The second kappa shape index (κ2) is 5.92. The number of hydrogen-bond donors (Lipinski definition) is 1. The summed E-state index contributed by atoms with van der Waals surface area (Å²) >= 11 is 0. The van der Waals surface area contributed by atoms with E-state index in [1.54, 1.807) is 6.20 Å². The largest absolute Gasteiger partial charge is 0.326 e. The monoisotopic (exact) mass is 273 g/mol. The van der Waals surface area contributed by atoms with E-state index in [0.717, 1.165) is 17.4 Å². The number of amides is 1. The molecule has 4 nitrogen and oxygen atoms in total. The summed E-state index contributed by atoms with van der Waals surface area (Å²) < 4.78 is 0. The highest BCUT2D eigenvalue weighted by Gasteiger charge is 2.32. The van der Waals surface area contributed by atoms with Gasteiger partial charge in [0.25, 0.3) is 0 Å². The maximum absolute atomic E-state index is 12.1. The molecule has 108 valence electrons. The third-order valence-electron chi connectivity index (χ3n) is 4.37. The summed E-state index contributed by atoms with van der Waals surface area (Å²) in [7, 11) is 0. The summed E-state index contributed by atoms with van der Waals surface area (Å²) in [6.07, 6.45) is 7.48. The summed E-state index contributed by atoms with van der Waals surface area (Å²) in [5.74, 6) is 0.688. The van der Waals surface area contributed by atoms with Crippen LogP contribution in [0.3, 0.4) is 0 Å². The molecule has 1 aliphatic heterocycles. The van der Waals surface area contributed by atoms with Gasteiger partial charge < -0.3 is 10.2 Å². The lowest BCUT2D eigenvalue weighted by atomic mass is 9.93. The number of likely N-dealkylation sites (tertiary alicyclic amines) is 1. The highest BCUT2D eigenvalue weighted by molar-refractivity contribution is 5.90. The van der Waals surface area contributed by atoms with Crippen molar-refractivity contribution in [2.75, 3.05) is 18.4 Å². The molecule has 0 atom stereocenters. The average Bonchev–Trinajstić information content (AvgIpc) is 3.24. The summed E-state index contributed by atoms with van der Waals surface area (Å²) in [4.78, 5) is 18.8. The molecule has 0 aromatic carbocycles. The molecule has 1 saturated heterocycles. The smallest absolute Gasteiger partial charge is 0.224 e. The Kier molecular flexibility index (Phi) is 4.01. The van der Waals surface area contributed by atoms with Crippen LogP contribution in [0.25, 0.3) is 0 Å². The number of hydrogen-bond acceptors (Lipinski definition) is 3. The van der Waals surface area contributed by atoms with Crippen LogP contribution < -0.4 is 5.32 Å². The van der Waals surface area contributed by atoms with E-state index in [-0.39, 0.29) is 5.91 Å². The number of nitrogens with zero attached hydrogens (tertiary/aromatic N) is 2. The van der Waals surface area contributed by atoms with Gasteiger partial charge in [-0.25, -0.2) is 0 Å². The van der Waals surface area contributed by atoms with Gasteiger partial charge in [-0.1, -0.05) is 0 Å². The molecule has 0 bridgehead atoms. The van der Waals surface area contributed by atoms with E-state index in [4.69, 9.17) is 0 Å². The van der Waals surface area contributed by atoms with Gasteiger partial charge in [-0.15, -0.1) is 0 Å². The normalized spacial score (nSPS) is 20.9. The van der Waals surface area contributed by atoms with Crippen LogP contribution in [0.1, 0.15) is 37.8 Å². The first-order valence-corrected chi connectivity index (χ1v) is 7.67. The average molecular weight is 273 g/mol. The molecular formula is C16H23N3O. The van der Waals surface area contributed by atoms with Crippen molar-refractivity contribution < 1.29 is 4.79 Å². The van der Waals surface area contributed by atoms with E-state index in [2.05, 4.69) is 15.2 Å². The number of aromatic nitrogens is 1. The van der Waals surface area contributed by atoms with Crippen LogP contribution in [-0.2, 0) is 4.79 Å². The molecule has 2 heterocycles. The van der Waals surface area contributed by atoms with Gasteiger partial charge in [0.15, 0.2) is 0 Å². The Morgan fingerprint density at radius 2 is 2.10 bits per heavy atom. The Hall–Kier alpha value is -1.42. The Morgan fingerprint density at radius 3 is 2.75 bits per heavy atom. The Balaban J connectivity index is 1.44. The third-order valence-corrected chi connectivity index (χ3v) is 4.37. The van der Waals surface area contributed by atoms with E-state index in [1.807, 2.05) is 19.1 Å². The number of anilines is 1. The van der Waals surface area contributed by atoms with E-state index >= 15 is 0 Å². The van der Waals surface area contributed by atoms with E-state index in [1.165, 1.54) is 38.8 Å². The summed E-state index contributed by atoms with van der Waals surface area (Å²) in [5.41, 5.74) is 1.79. The number of rotatable bonds is 4. The lowest BCUT2D eigenvalue weighted by molar-refractivity contribution is -0.117. The van der Waals surface area contributed by atoms with Gasteiger partial charge in [-0.3, -0.25) is 9.78 Å². The molecule has 20 heavy (non-hydrogen) atoms. The summed E-state index contributed by atoms with van der Waals surface area (Å²) in [6, 6.07) is 4.62. The molecule has 1 N–H and O–H groups in total. The van der Waals surface area contributed by atoms with Gasteiger partial charge in [0, 0.05) is 30.0 Å². The van der Waals surface area contributed by atoms with Gasteiger partial charge in [-0.05, 0) is 63.7 Å². The second-order valence-corrected chi connectivity index (χ2v) is 6.15. The van der Waals surface area contributed by atoms with Crippen molar-refractivity contribution in [2.45, 2.75) is 45.1 Å². The van der Waals surface area contributed by atoms with Crippen molar-refractivity contribution in [3.05, 3.63) is 24.0 Å². The zero-order chi connectivity index (χ0) is 13.9. The number of aryl methyl sites for hydroxylation is 1. The zero-order valence-electron chi connectivity index (χ0n) is 12.1. The minimum atomic E-state index is 0.139. The van der Waals surface area contributed by atoms with Gasteiger partial charge in [0.1, 0.15) is 0 Å². The van der Waals surface area contributed by atoms with Crippen LogP contribution >= 0.6 is 0 Å². The molecule has 2 fully saturated rings. The first kappa shape index (κ1) is 13.6. The standard InChI is InChI=1S/C16H23N3O/c1-12-10-14(4-7-17-12)18-16(20)11-13-5-8-19(9-6-13)15-2-3-15/h4,7,10,13,15H,2-3,5-6,8-9,11H2,1H3,(H,17,18,20). The van der Waals surface area contributed by atoms with Gasteiger partial charge in [-0.2, -0.15) is 0 Å². The van der Waals surface area contributed by atoms with Crippen LogP contribution in [0.5, 0.6) is 0 Å². The second-order valence-electron chi connectivity index (χ2n) is 6.15. The van der Waals surface area contributed by atoms with Crippen LogP contribution in [0.4, 0.5) is 5.69 Å². The topological polar surface area (TPSA) is 45.2 Å². The zero-order valence-corrected chi connectivity index (χ0v) is 12.1. The molecule has 1 aromatic rings. The van der Waals surface area contributed by atoms with Crippen molar-refractivity contribution in [3.8, 4) is 0 Å². The maximum Gasteiger partial charge on any atom is 0.224 e. The van der Waals surface area contributed by atoms with Crippen molar-refractivity contribution in [1.82, 2.24) is 9.88 Å². The first-order valence-electron chi connectivity index (χ1n) is 7.67. The van der Waals surface area contributed by atoms with Crippen LogP contribution in [0.15, 0.2) is 18.3 Å². The van der Waals surface area contributed by atoms with E-state index < -0.39 is 0 Å². The number of nitrogens with one attached hydrogen (secondary N) is 1. The minimum Gasteiger partial charge on any atom is -0.326 e. The SMILES string of the molecule is Cc1cc(NC(=O)CC2CCN(C3CC3)CC2)ccn1. The predicted octanol–water partition coefficient (Wildman–Crippen LogP) is 2.59. The molecule has 0 unspecified atom stereocenters. The Bertz CT molecular complexity index is 476. The fourth-order valence-corrected chi connectivity index (χ4v) is 3.06. The minimum absolute atomic E-state index is 0.139. The van der Waals surface area contributed by atoms with Crippen molar-refractivity contribution in [3.63, 3.8) is 0 Å². The molecule has 0 radical (unpaired) electrons. The van der Waals surface area contributed by atoms with Crippen molar-refractivity contribution in [2.24, 2.45) is 5.92 Å². The lowest BCUT2D eigenvalue weighted by Crippen LogP contribution is -2.36. The number of piperidine rings is 1. The molecule has 4 heteroatoms. The van der Waals surface area contributed by atoms with Crippen LogP contribution in [-0.4, -0.2) is 34.9 Å². The predicted molar refractivity (Wildman–Crippen MR) is 79.5 cm³/mol. The maximum atomic E-state index is 12.1. The number of pyridine rings is 1. The van der Waals surface area contributed by atoms with Gasteiger partial charge in [0.05, 0.1) is 0 Å². The summed E-state index contributed by atoms with van der Waals surface area (Å²) in [6.45, 7) is 4.29. The molecule has 2 aliphatic rings. The first-order chi connectivity index (χ1) is 9.70. The quantitative estimate of drug-likeness (QED) is 0.917. The third kappa shape index (κ3) is 3.57. The molecule has 1 saturated carbocycles. The molecule has 1 amide bonds. The van der Waals surface area contributed by atoms with Crippen molar-refractivity contribution in [1.29, 1.82) is 0 Å². The van der Waals surface area contributed by atoms with Gasteiger partial charge in [0.2, 0.25) is 5.91 Å². The van der Waals surface area contributed by atoms with Crippen LogP contribution in [0.2, 0.25) is 0 Å². The highest BCUT2D eigenvalue weighted by Crippen LogP contribution is 2.31. The van der Waals surface area contributed by atoms with Crippen LogP contribution in [0, 0.1) is 12.8 Å². The number of carbonyl (C=O) groups is 1. The summed E-state index contributed by atoms with van der Waals surface area (Å²) in [5, 5.41) is 2.98. The van der Waals surface area contributed by atoms with E-state index in [9.17, 15) is 4.79 Å².